The normalized spacial score (nSPS) is 17.4. The van der Waals surface area contributed by atoms with Crippen LogP contribution in [0.1, 0.15) is 11.1 Å². The number of hydrogen-bond donors (Lipinski definition) is 2. The molecule has 0 saturated heterocycles. The molecule has 2 N–H and O–H groups in total. The van der Waals surface area contributed by atoms with Crippen LogP contribution in [0.4, 0.5) is 0 Å². The van der Waals surface area contributed by atoms with Crippen molar-refractivity contribution in [2.24, 2.45) is 0 Å². The summed E-state index contributed by atoms with van der Waals surface area (Å²) in [6.45, 7) is 0. The molecule has 0 bridgehead atoms. The van der Waals surface area contributed by atoms with Crippen LogP contribution >= 0.6 is 11.8 Å². The van der Waals surface area contributed by atoms with Gasteiger partial charge in [-0.1, -0.05) is 103 Å². The predicted octanol–water partition coefficient (Wildman–Crippen LogP) is 5.87. The van der Waals surface area contributed by atoms with Gasteiger partial charge in [0, 0.05) is 11.1 Å². The zero-order valence-electron chi connectivity index (χ0n) is 16.4. The van der Waals surface area contributed by atoms with E-state index >= 15 is 0 Å². The van der Waals surface area contributed by atoms with Crippen molar-refractivity contribution in [3.05, 3.63) is 108 Å². The zero-order valence-corrected chi connectivity index (χ0v) is 17.3. The molecule has 0 spiro atoms. The molecule has 150 valence electrons. The van der Waals surface area contributed by atoms with E-state index < -0.39 is 10.7 Å². The molecule has 5 rings (SSSR count). The summed E-state index contributed by atoms with van der Waals surface area (Å²) in [6.07, 6.45) is 0. The van der Waals surface area contributed by atoms with E-state index in [9.17, 15) is 9.90 Å². The molecule has 0 radical (unpaired) electrons. The number of nitrogens with zero attached hydrogens (tertiary/aromatic N) is 1. The minimum absolute atomic E-state index is 0.0529. The third-order valence-corrected chi connectivity index (χ3v) is 6.88. The van der Waals surface area contributed by atoms with Crippen LogP contribution in [-0.4, -0.2) is 21.8 Å². The van der Waals surface area contributed by atoms with Gasteiger partial charge in [0.1, 0.15) is 5.03 Å². The Morgan fingerprint density at radius 2 is 1.39 bits per heavy atom. The fraction of sp³-hybridized carbons (Fsp3) is 0.0385. The van der Waals surface area contributed by atoms with Gasteiger partial charge in [-0.15, -0.1) is 0 Å². The molecule has 0 unspecified atom stereocenters. The maximum Gasteiger partial charge on any atom is 0.331 e. The molecule has 3 aromatic carbocycles. The summed E-state index contributed by atoms with van der Waals surface area (Å²) in [7, 11) is 0. The van der Waals surface area contributed by atoms with Crippen molar-refractivity contribution in [1.29, 1.82) is 5.41 Å². The second kappa shape index (κ2) is 7.52. The van der Waals surface area contributed by atoms with Gasteiger partial charge in [-0.3, -0.25) is 0 Å². The fourth-order valence-corrected chi connectivity index (χ4v) is 5.26. The third-order valence-electron chi connectivity index (χ3n) is 5.47. The first-order chi connectivity index (χ1) is 15.1. The fourth-order valence-electron chi connectivity index (χ4n) is 3.96. The van der Waals surface area contributed by atoms with Crippen LogP contribution in [0.15, 0.2) is 102 Å². The Bertz CT molecular complexity index is 1290. The average molecular weight is 423 g/mol. The summed E-state index contributed by atoms with van der Waals surface area (Å²) in [4.78, 5) is 17.4. The standard InChI is InChI=1S/C26H18N2O2S/c27-23-22-20(17-10-4-1-5-11-17)16-21(18-12-6-2-7-13-18)28-24(22)31-26(23,25(29)30)19-14-8-3-9-15-19/h1-16,27H,(H,29,30)/t26-/m1/s1. The topological polar surface area (TPSA) is 74.0 Å². The summed E-state index contributed by atoms with van der Waals surface area (Å²) < 4.78 is -1.53. The molecule has 2 heterocycles. The Hall–Kier alpha value is -3.70. The maximum atomic E-state index is 12.6. The largest absolute Gasteiger partial charge is 0.480 e. The SMILES string of the molecule is N=C1c2c(-c3ccccc3)cc(-c3ccccc3)nc2S[C@]1(C(=O)O)c1ccccc1. The highest BCUT2D eigenvalue weighted by atomic mass is 32.2. The molecule has 0 amide bonds. The number of rotatable bonds is 4. The van der Waals surface area contributed by atoms with Crippen molar-refractivity contribution in [2.45, 2.75) is 9.77 Å². The first-order valence-electron chi connectivity index (χ1n) is 9.84. The Labute approximate surface area is 184 Å². The minimum atomic E-state index is -1.53. The molecule has 0 fully saturated rings. The van der Waals surface area contributed by atoms with Crippen LogP contribution in [0, 0.1) is 5.41 Å². The predicted molar refractivity (Wildman–Crippen MR) is 124 cm³/mol. The summed E-state index contributed by atoms with van der Waals surface area (Å²) >= 11 is 1.14. The number of benzene rings is 3. The highest BCUT2D eigenvalue weighted by Crippen LogP contribution is 2.53. The van der Waals surface area contributed by atoms with E-state index in [4.69, 9.17) is 10.4 Å². The van der Waals surface area contributed by atoms with Gasteiger partial charge in [-0.2, -0.15) is 0 Å². The zero-order chi connectivity index (χ0) is 21.4. The van der Waals surface area contributed by atoms with Gasteiger partial charge in [-0.25, -0.2) is 9.78 Å². The van der Waals surface area contributed by atoms with Crippen molar-refractivity contribution in [3.8, 4) is 22.4 Å². The number of pyridine rings is 1. The molecular weight excluding hydrogens is 404 g/mol. The van der Waals surface area contributed by atoms with E-state index in [1.807, 2.05) is 72.8 Å². The van der Waals surface area contributed by atoms with E-state index in [1.165, 1.54) is 0 Å². The van der Waals surface area contributed by atoms with Gasteiger partial charge in [0.05, 0.1) is 11.4 Å². The van der Waals surface area contributed by atoms with E-state index in [1.54, 1.807) is 24.3 Å². The van der Waals surface area contributed by atoms with E-state index in [2.05, 4.69) is 0 Å². The Morgan fingerprint density at radius 3 is 1.97 bits per heavy atom. The number of hydrogen-bond acceptors (Lipinski definition) is 4. The van der Waals surface area contributed by atoms with Crippen LogP contribution in [-0.2, 0) is 9.54 Å². The van der Waals surface area contributed by atoms with Gasteiger partial charge in [0.2, 0.25) is 0 Å². The molecule has 4 aromatic rings. The lowest BCUT2D eigenvalue weighted by Crippen LogP contribution is -2.37. The van der Waals surface area contributed by atoms with Crippen molar-refractivity contribution in [1.82, 2.24) is 4.98 Å². The lowest BCUT2D eigenvalue weighted by Gasteiger charge is -2.23. The third kappa shape index (κ3) is 3.05. The van der Waals surface area contributed by atoms with Crippen molar-refractivity contribution < 1.29 is 9.90 Å². The second-order valence-corrected chi connectivity index (χ2v) is 8.50. The Kier molecular flexibility index (Phi) is 4.68. The van der Waals surface area contributed by atoms with Gasteiger partial charge in [0.15, 0.2) is 4.75 Å². The molecule has 1 aliphatic rings. The number of aliphatic carboxylic acids is 1. The highest BCUT2D eigenvalue weighted by molar-refractivity contribution is 8.02. The molecule has 1 aromatic heterocycles. The van der Waals surface area contributed by atoms with Gasteiger partial charge >= 0.3 is 5.97 Å². The molecule has 4 nitrogen and oxygen atoms in total. The number of thioether (sulfide) groups is 1. The maximum absolute atomic E-state index is 12.6. The first-order valence-corrected chi connectivity index (χ1v) is 10.7. The number of carboxylic acids is 1. The molecule has 0 saturated carbocycles. The Morgan fingerprint density at radius 1 is 0.839 bits per heavy atom. The molecule has 1 atom stereocenters. The van der Waals surface area contributed by atoms with E-state index in [-0.39, 0.29) is 5.71 Å². The monoisotopic (exact) mass is 422 g/mol. The van der Waals surface area contributed by atoms with Crippen LogP contribution in [0.25, 0.3) is 22.4 Å². The number of fused-ring (bicyclic) bond motifs is 1. The van der Waals surface area contributed by atoms with Crippen molar-refractivity contribution in [3.63, 3.8) is 0 Å². The number of carbonyl (C=O) groups is 1. The smallest absolute Gasteiger partial charge is 0.331 e. The summed E-state index contributed by atoms with van der Waals surface area (Å²) in [6, 6.07) is 30.5. The van der Waals surface area contributed by atoms with E-state index in [0.717, 1.165) is 34.1 Å². The molecule has 5 heteroatoms. The Balaban J connectivity index is 1.78. The van der Waals surface area contributed by atoms with Crippen LogP contribution in [0.2, 0.25) is 0 Å². The van der Waals surface area contributed by atoms with E-state index in [0.29, 0.717) is 16.2 Å². The average Bonchev–Trinajstić information content (AvgIpc) is 3.14. The highest BCUT2D eigenvalue weighted by Gasteiger charge is 2.53. The molecular formula is C26H18N2O2S. The number of aromatic nitrogens is 1. The summed E-state index contributed by atoms with van der Waals surface area (Å²) in [5.74, 6) is -1.06. The van der Waals surface area contributed by atoms with Gasteiger partial charge in [-0.05, 0) is 22.8 Å². The number of nitrogens with one attached hydrogen (secondary N) is 1. The van der Waals surface area contributed by atoms with Crippen LogP contribution < -0.4 is 0 Å². The first kappa shape index (κ1) is 19.3. The van der Waals surface area contributed by atoms with Gasteiger partial charge in [0.25, 0.3) is 0 Å². The molecule has 0 aliphatic carbocycles. The second-order valence-electron chi connectivity index (χ2n) is 7.30. The van der Waals surface area contributed by atoms with Crippen LogP contribution in [0.3, 0.4) is 0 Å². The number of carboxylic acid groups (broad SMARTS) is 1. The van der Waals surface area contributed by atoms with Crippen LogP contribution in [0.5, 0.6) is 0 Å². The quantitative estimate of drug-likeness (QED) is 0.431. The lowest BCUT2D eigenvalue weighted by atomic mass is 9.86. The van der Waals surface area contributed by atoms with Crippen molar-refractivity contribution in [2.75, 3.05) is 0 Å². The molecule has 1 aliphatic heterocycles. The van der Waals surface area contributed by atoms with Crippen molar-refractivity contribution >= 4 is 23.4 Å². The minimum Gasteiger partial charge on any atom is -0.480 e. The van der Waals surface area contributed by atoms with Gasteiger partial charge < -0.3 is 10.5 Å². The summed E-state index contributed by atoms with van der Waals surface area (Å²) in [5, 5.41) is 19.9. The lowest BCUT2D eigenvalue weighted by molar-refractivity contribution is -0.138. The summed E-state index contributed by atoms with van der Waals surface area (Å²) in [5.41, 5.74) is 4.66. The molecule has 31 heavy (non-hydrogen) atoms.